The molecule has 0 radical (unpaired) electrons. The molecule has 0 atom stereocenters. The summed E-state index contributed by atoms with van der Waals surface area (Å²) in [4.78, 5) is 5.98. The monoisotopic (exact) mass is 425 g/mol. The number of hydrogen-bond donors (Lipinski definition) is 2. The number of allylic oxidation sites excluding steroid dienone is 1. The minimum atomic E-state index is -4.10. The highest BCUT2D eigenvalue weighted by atomic mass is 32.2. The van der Waals surface area contributed by atoms with E-state index in [1.807, 2.05) is 38.6 Å². The molecule has 0 amide bonds. The fraction of sp³-hybridized carbons (Fsp3) is 0.174. The molecule has 0 bridgehead atoms. The Bertz CT molecular complexity index is 1080. The largest absolute Gasteiger partial charge is 0.399 e. The third kappa shape index (κ3) is 7.35. The zero-order valence-corrected chi connectivity index (χ0v) is 18.2. The predicted octanol–water partition coefficient (Wildman–Crippen LogP) is 4.23. The van der Waals surface area contributed by atoms with E-state index >= 15 is 0 Å². The number of nitrogen functional groups attached to an aromatic ring is 1. The van der Waals surface area contributed by atoms with Crippen molar-refractivity contribution >= 4 is 27.6 Å². The number of hydrogen-bond acceptors (Lipinski definition) is 5. The first-order valence-corrected chi connectivity index (χ1v) is 10.8. The highest BCUT2D eigenvalue weighted by Gasteiger charge is 2.09. The number of aryl methyl sites for hydroxylation is 1. The summed E-state index contributed by atoms with van der Waals surface area (Å²) < 4.78 is 29.9. The fourth-order valence-corrected chi connectivity index (χ4v) is 3.11. The Hall–Kier alpha value is -3.16. The van der Waals surface area contributed by atoms with E-state index in [1.54, 1.807) is 6.92 Å². The van der Waals surface area contributed by atoms with Crippen molar-refractivity contribution in [2.45, 2.75) is 18.2 Å². The van der Waals surface area contributed by atoms with Crippen LogP contribution < -0.4 is 10.6 Å². The lowest BCUT2D eigenvalue weighted by atomic mass is 10.1. The lowest BCUT2D eigenvalue weighted by Crippen LogP contribution is -2.07. The van der Waals surface area contributed by atoms with Crippen molar-refractivity contribution in [3.63, 3.8) is 0 Å². The molecule has 0 saturated carbocycles. The van der Waals surface area contributed by atoms with Gasteiger partial charge >= 0.3 is 0 Å². The van der Waals surface area contributed by atoms with Crippen LogP contribution in [-0.4, -0.2) is 32.0 Å². The van der Waals surface area contributed by atoms with Gasteiger partial charge in [0.2, 0.25) is 0 Å². The number of aromatic nitrogens is 1. The molecule has 30 heavy (non-hydrogen) atoms. The quantitative estimate of drug-likeness (QED) is 0.469. The summed E-state index contributed by atoms with van der Waals surface area (Å²) in [6.07, 6.45) is 8.93. The lowest BCUT2D eigenvalue weighted by molar-refractivity contribution is 0.483. The van der Waals surface area contributed by atoms with Gasteiger partial charge in [-0.3, -0.25) is 9.54 Å². The Morgan fingerprint density at radius 3 is 2.20 bits per heavy atom. The SMILES string of the molecule is CN(C)c1ccc(C=CCc2ccncc2)cc1.Cc1cc(S(=O)(=O)O)ccc1N. The van der Waals surface area contributed by atoms with E-state index < -0.39 is 10.1 Å². The molecule has 2 aromatic carbocycles. The number of nitrogens with two attached hydrogens (primary N) is 1. The van der Waals surface area contributed by atoms with Crippen molar-refractivity contribution in [1.29, 1.82) is 0 Å². The number of anilines is 2. The van der Waals surface area contributed by atoms with Gasteiger partial charge in [0, 0.05) is 37.9 Å². The minimum Gasteiger partial charge on any atom is -0.399 e. The van der Waals surface area contributed by atoms with Crippen LogP contribution in [0.1, 0.15) is 16.7 Å². The fourth-order valence-electron chi connectivity index (χ4n) is 2.54. The van der Waals surface area contributed by atoms with Gasteiger partial charge in [0.1, 0.15) is 0 Å². The predicted molar refractivity (Wildman–Crippen MR) is 123 cm³/mol. The molecular formula is C23H27N3O3S. The summed E-state index contributed by atoms with van der Waals surface area (Å²) in [6, 6.07) is 16.6. The first kappa shape index (κ1) is 23.1. The van der Waals surface area contributed by atoms with Crippen molar-refractivity contribution < 1.29 is 13.0 Å². The van der Waals surface area contributed by atoms with E-state index in [1.165, 1.54) is 35.0 Å². The molecule has 3 aromatic rings. The van der Waals surface area contributed by atoms with Crippen molar-refractivity contribution in [2.24, 2.45) is 0 Å². The van der Waals surface area contributed by atoms with Crippen LogP contribution in [0.15, 0.2) is 78.0 Å². The van der Waals surface area contributed by atoms with E-state index in [0.29, 0.717) is 11.3 Å². The molecule has 0 saturated heterocycles. The number of pyridine rings is 1. The molecule has 6 nitrogen and oxygen atoms in total. The third-order valence-corrected chi connectivity index (χ3v) is 5.21. The van der Waals surface area contributed by atoms with Gasteiger partial charge in [0.15, 0.2) is 0 Å². The van der Waals surface area contributed by atoms with Crippen molar-refractivity contribution in [3.8, 4) is 0 Å². The Morgan fingerprint density at radius 1 is 1.03 bits per heavy atom. The van der Waals surface area contributed by atoms with Crippen LogP contribution in [-0.2, 0) is 16.5 Å². The lowest BCUT2D eigenvalue weighted by Gasteiger charge is -2.11. The Kier molecular flexibility index (Phi) is 8.15. The normalized spacial score (nSPS) is 11.1. The van der Waals surface area contributed by atoms with Gasteiger partial charge in [-0.15, -0.1) is 0 Å². The molecule has 0 aliphatic carbocycles. The molecule has 0 spiro atoms. The maximum Gasteiger partial charge on any atom is 0.294 e. The smallest absolute Gasteiger partial charge is 0.294 e. The van der Waals surface area contributed by atoms with Gasteiger partial charge in [-0.25, -0.2) is 0 Å². The van der Waals surface area contributed by atoms with E-state index in [4.69, 9.17) is 10.3 Å². The molecular weight excluding hydrogens is 398 g/mol. The molecule has 1 heterocycles. The molecule has 0 unspecified atom stereocenters. The van der Waals surface area contributed by atoms with Gasteiger partial charge in [-0.2, -0.15) is 8.42 Å². The Morgan fingerprint density at radius 2 is 1.67 bits per heavy atom. The molecule has 3 N–H and O–H groups in total. The molecule has 0 aliphatic heterocycles. The molecule has 1 aromatic heterocycles. The molecule has 3 rings (SSSR count). The molecule has 158 valence electrons. The number of rotatable bonds is 5. The van der Waals surface area contributed by atoms with Gasteiger partial charge in [0.25, 0.3) is 10.1 Å². The van der Waals surface area contributed by atoms with E-state index in [2.05, 4.69) is 46.3 Å². The summed E-state index contributed by atoms with van der Waals surface area (Å²) in [5.74, 6) is 0. The summed E-state index contributed by atoms with van der Waals surface area (Å²) in [6.45, 7) is 1.67. The van der Waals surface area contributed by atoms with Crippen LogP contribution in [0, 0.1) is 6.92 Å². The highest BCUT2D eigenvalue weighted by Crippen LogP contribution is 2.16. The summed E-state index contributed by atoms with van der Waals surface area (Å²) in [5, 5.41) is 0. The van der Waals surface area contributed by atoms with Crippen molar-refractivity contribution in [1.82, 2.24) is 4.98 Å². The zero-order chi connectivity index (χ0) is 22.1. The Labute approximate surface area is 178 Å². The van der Waals surface area contributed by atoms with E-state index in [-0.39, 0.29) is 4.90 Å². The summed E-state index contributed by atoms with van der Waals surface area (Å²) in [7, 11) is 0.00213. The minimum absolute atomic E-state index is 0.130. The van der Waals surface area contributed by atoms with Crippen LogP contribution in [0.3, 0.4) is 0 Å². The molecule has 0 aliphatic rings. The second kappa shape index (κ2) is 10.6. The summed E-state index contributed by atoms with van der Waals surface area (Å²) in [5.41, 5.74) is 10.3. The van der Waals surface area contributed by atoms with Crippen LogP contribution in [0.5, 0.6) is 0 Å². The van der Waals surface area contributed by atoms with Gasteiger partial charge in [-0.1, -0.05) is 24.3 Å². The van der Waals surface area contributed by atoms with Crippen molar-refractivity contribution in [3.05, 3.63) is 89.8 Å². The average Bonchev–Trinajstić information content (AvgIpc) is 2.71. The number of nitrogens with zero attached hydrogens (tertiary/aromatic N) is 2. The second-order valence-electron chi connectivity index (χ2n) is 6.94. The average molecular weight is 426 g/mol. The highest BCUT2D eigenvalue weighted by molar-refractivity contribution is 7.85. The molecule has 7 heteroatoms. The maximum absolute atomic E-state index is 10.6. The first-order valence-electron chi connectivity index (χ1n) is 9.33. The van der Waals surface area contributed by atoms with Gasteiger partial charge < -0.3 is 10.6 Å². The van der Waals surface area contributed by atoms with Crippen LogP contribution in [0.4, 0.5) is 11.4 Å². The topological polar surface area (TPSA) is 96.5 Å². The van der Waals surface area contributed by atoms with Crippen LogP contribution in [0.25, 0.3) is 6.08 Å². The van der Waals surface area contributed by atoms with Gasteiger partial charge in [0.05, 0.1) is 4.90 Å². The maximum atomic E-state index is 10.6. The molecule has 0 fully saturated rings. The Balaban J connectivity index is 0.000000232. The summed E-state index contributed by atoms with van der Waals surface area (Å²) >= 11 is 0. The van der Waals surface area contributed by atoms with E-state index in [0.717, 1.165) is 6.42 Å². The first-order chi connectivity index (χ1) is 14.2. The second-order valence-corrected chi connectivity index (χ2v) is 8.36. The number of benzene rings is 2. The standard InChI is InChI=1S/C16H18N2.C7H9NO3S/c1-18(2)16-8-6-14(7-9-16)4-3-5-15-10-12-17-13-11-15;1-5-4-6(12(9,10)11)2-3-7(5)8/h3-4,6-13H,5H2,1-2H3;2-4H,8H2,1H3,(H,9,10,11). The van der Waals surface area contributed by atoms with Crippen LogP contribution >= 0.6 is 0 Å². The van der Waals surface area contributed by atoms with Crippen molar-refractivity contribution in [2.75, 3.05) is 24.7 Å². The third-order valence-electron chi connectivity index (χ3n) is 4.36. The zero-order valence-electron chi connectivity index (χ0n) is 17.4. The van der Waals surface area contributed by atoms with Gasteiger partial charge in [-0.05, 0) is 72.5 Å². The van der Waals surface area contributed by atoms with E-state index in [9.17, 15) is 8.42 Å². The van der Waals surface area contributed by atoms with Crippen LogP contribution in [0.2, 0.25) is 0 Å².